The van der Waals surface area contributed by atoms with Crippen molar-refractivity contribution in [3.8, 4) is 0 Å². The number of carboxylic acid groups (broad SMARTS) is 1. The first-order valence-electron chi connectivity index (χ1n) is 11.1. The summed E-state index contributed by atoms with van der Waals surface area (Å²) in [6.45, 7) is 0. The van der Waals surface area contributed by atoms with Gasteiger partial charge in [-0.3, -0.25) is 4.79 Å². The van der Waals surface area contributed by atoms with E-state index in [0.29, 0.717) is 25.3 Å². The van der Waals surface area contributed by atoms with Crippen molar-refractivity contribution in [2.75, 3.05) is 0 Å². The Morgan fingerprint density at radius 1 is 1.06 bits per heavy atom. The lowest BCUT2D eigenvalue weighted by Gasteiger charge is -2.28. The van der Waals surface area contributed by atoms with Crippen LogP contribution in [0.15, 0.2) is 12.4 Å². The lowest BCUT2D eigenvalue weighted by Crippen LogP contribution is -2.30. The lowest BCUT2D eigenvalue weighted by atomic mass is 9.82. The Bertz CT molecular complexity index is 993. The van der Waals surface area contributed by atoms with Crippen molar-refractivity contribution in [3.63, 3.8) is 0 Å². The van der Waals surface area contributed by atoms with Crippen LogP contribution in [-0.4, -0.2) is 37.5 Å². The van der Waals surface area contributed by atoms with E-state index in [2.05, 4.69) is 14.5 Å². The zero-order chi connectivity index (χ0) is 23.1. The van der Waals surface area contributed by atoms with Gasteiger partial charge in [0.1, 0.15) is 0 Å². The number of fused-ring (bicyclic) bond motifs is 1. The predicted octanol–water partition coefficient (Wildman–Crippen LogP) is 6.61. The minimum atomic E-state index is -2.75. The smallest absolute Gasteiger partial charge is 0.306 e. The molecule has 2 atom stereocenters. The molecule has 0 spiro atoms. The summed E-state index contributed by atoms with van der Waals surface area (Å²) in [4.78, 5) is 18.7. The van der Waals surface area contributed by atoms with Gasteiger partial charge in [0, 0.05) is 37.9 Å². The van der Waals surface area contributed by atoms with Crippen LogP contribution in [0, 0.1) is 5.92 Å². The minimum Gasteiger partial charge on any atom is -0.481 e. The molecule has 0 amide bonds. The van der Waals surface area contributed by atoms with Gasteiger partial charge in [0.05, 0.1) is 23.1 Å². The molecule has 1 N–H and O–H groups in total. The third-order valence-electron chi connectivity index (χ3n) is 6.58. The third kappa shape index (κ3) is 5.35. The quantitative estimate of drug-likeness (QED) is 0.400. The normalized spacial score (nSPS) is 26.9. The van der Waals surface area contributed by atoms with Crippen molar-refractivity contribution in [2.45, 2.75) is 88.0 Å². The van der Waals surface area contributed by atoms with E-state index in [1.165, 1.54) is 0 Å². The second kappa shape index (κ2) is 8.80. The molecular formula is C22H26ClF4N3O2. The maximum atomic E-state index is 13.7. The van der Waals surface area contributed by atoms with Gasteiger partial charge in [0.25, 0.3) is 0 Å². The summed E-state index contributed by atoms with van der Waals surface area (Å²) in [5, 5.41) is 8.62. The minimum absolute atomic E-state index is 0.000502. The van der Waals surface area contributed by atoms with Gasteiger partial charge in [-0.15, -0.1) is 0 Å². The fraction of sp³-hybridized carbons (Fsp3) is 0.682. The van der Waals surface area contributed by atoms with Crippen LogP contribution in [0.2, 0.25) is 5.28 Å². The van der Waals surface area contributed by atoms with E-state index >= 15 is 0 Å². The van der Waals surface area contributed by atoms with Crippen molar-refractivity contribution < 1.29 is 27.5 Å². The van der Waals surface area contributed by atoms with E-state index in [4.69, 9.17) is 16.7 Å². The third-order valence-corrected chi connectivity index (χ3v) is 6.76. The zero-order valence-corrected chi connectivity index (χ0v) is 18.3. The fourth-order valence-corrected chi connectivity index (χ4v) is 4.94. The molecule has 0 bridgehead atoms. The highest BCUT2D eigenvalue weighted by Gasteiger charge is 2.40. The largest absolute Gasteiger partial charge is 0.481 e. The first-order chi connectivity index (χ1) is 15.0. The molecule has 0 aromatic carbocycles. The molecule has 2 unspecified atom stereocenters. The second-order valence-electron chi connectivity index (χ2n) is 9.23. The van der Waals surface area contributed by atoms with Crippen molar-refractivity contribution >= 4 is 28.6 Å². The van der Waals surface area contributed by atoms with Gasteiger partial charge < -0.3 is 9.67 Å². The number of aliphatic carboxylic acids is 1. The second-order valence-corrected chi connectivity index (χ2v) is 9.57. The molecule has 0 aliphatic heterocycles. The highest BCUT2D eigenvalue weighted by atomic mass is 35.5. The van der Waals surface area contributed by atoms with Gasteiger partial charge in [-0.25, -0.2) is 27.5 Å². The van der Waals surface area contributed by atoms with Crippen molar-refractivity contribution in [1.82, 2.24) is 14.5 Å². The Hall–Kier alpha value is -1.90. The van der Waals surface area contributed by atoms with Crippen LogP contribution in [0.4, 0.5) is 17.6 Å². The highest BCUT2D eigenvalue weighted by molar-refractivity contribution is 6.28. The summed E-state index contributed by atoms with van der Waals surface area (Å²) in [5.41, 5.74) is 2.59. The molecule has 2 aromatic heterocycles. The zero-order valence-electron chi connectivity index (χ0n) is 17.5. The van der Waals surface area contributed by atoms with Crippen LogP contribution in [0.1, 0.15) is 81.7 Å². The molecule has 10 heteroatoms. The summed E-state index contributed by atoms with van der Waals surface area (Å²) < 4.78 is 54.7. The Labute approximate surface area is 188 Å². The first-order valence-corrected chi connectivity index (χ1v) is 11.4. The molecular weight excluding hydrogens is 450 g/mol. The Balaban J connectivity index is 0.000000189. The molecule has 5 nitrogen and oxygen atoms in total. The molecule has 3 aliphatic carbocycles. The molecule has 0 saturated heterocycles. The number of alkyl halides is 4. The Kier molecular flexibility index (Phi) is 6.40. The number of carboxylic acids is 1. The van der Waals surface area contributed by atoms with E-state index in [1.54, 1.807) is 6.20 Å². The summed E-state index contributed by atoms with van der Waals surface area (Å²) in [5.74, 6) is -7.37. The Morgan fingerprint density at radius 2 is 1.72 bits per heavy atom. The molecule has 32 heavy (non-hydrogen) atoms. The van der Waals surface area contributed by atoms with Crippen molar-refractivity contribution in [3.05, 3.63) is 23.2 Å². The van der Waals surface area contributed by atoms with Crippen molar-refractivity contribution in [2.24, 2.45) is 5.92 Å². The molecule has 3 aliphatic rings. The number of halogens is 5. The SMILES string of the molecule is FC1(F)CCCC(c2cn(C3CC3)c3cnc(Cl)nc23)C1.O=C(O)C1CCCC(F)(F)C1. The maximum absolute atomic E-state index is 13.7. The number of rotatable bonds is 3. The first kappa shape index (κ1) is 23.3. The number of hydrogen-bond donors (Lipinski definition) is 1. The van der Waals surface area contributed by atoms with Crippen LogP contribution in [0.3, 0.4) is 0 Å². The monoisotopic (exact) mass is 475 g/mol. The van der Waals surface area contributed by atoms with Gasteiger partial charge in [0.15, 0.2) is 0 Å². The maximum Gasteiger partial charge on any atom is 0.306 e. The predicted molar refractivity (Wildman–Crippen MR) is 112 cm³/mol. The van der Waals surface area contributed by atoms with Gasteiger partial charge >= 0.3 is 5.97 Å². The summed E-state index contributed by atoms with van der Waals surface area (Å²) in [6, 6.07) is 0.468. The fourth-order valence-electron chi connectivity index (χ4n) is 4.81. The van der Waals surface area contributed by atoms with Crippen LogP contribution in [0.5, 0.6) is 0 Å². The van der Waals surface area contributed by atoms with Gasteiger partial charge in [-0.2, -0.15) is 0 Å². The summed E-state index contributed by atoms with van der Waals surface area (Å²) in [6.07, 6.45) is 7.34. The highest BCUT2D eigenvalue weighted by Crippen LogP contribution is 2.46. The van der Waals surface area contributed by atoms with Crippen molar-refractivity contribution in [1.29, 1.82) is 0 Å². The van der Waals surface area contributed by atoms with Gasteiger partial charge in [0.2, 0.25) is 17.1 Å². The average molecular weight is 476 g/mol. The lowest BCUT2D eigenvalue weighted by molar-refractivity contribution is -0.148. The molecule has 3 saturated carbocycles. The Morgan fingerprint density at radius 3 is 2.28 bits per heavy atom. The van der Waals surface area contributed by atoms with Crippen LogP contribution < -0.4 is 0 Å². The van der Waals surface area contributed by atoms with E-state index in [1.807, 2.05) is 6.20 Å². The van der Waals surface area contributed by atoms with E-state index < -0.39 is 30.2 Å². The molecule has 2 heterocycles. The molecule has 5 rings (SSSR count). The molecule has 3 fully saturated rings. The van der Waals surface area contributed by atoms with E-state index in [-0.39, 0.29) is 30.5 Å². The topological polar surface area (TPSA) is 68.0 Å². The van der Waals surface area contributed by atoms with Crippen LogP contribution in [0.25, 0.3) is 11.0 Å². The summed E-state index contributed by atoms with van der Waals surface area (Å²) in [7, 11) is 0. The molecule has 0 radical (unpaired) electrons. The van der Waals surface area contributed by atoms with Gasteiger partial charge in [-0.05, 0) is 61.6 Å². The van der Waals surface area contributed by atoms with Crippen LogP contribution in [-0.2, 0) is 4.79 Å². The average Bonchev–Trinajstić information content (AvgIpc) is 3.48. The number of aromatic nitrogens is 3. The van der Waals surface area contributed by atoms with Crippen LogP contribution >= 0.6 is 11.6 Å². The number of hydrogen-bond acceptors (Lipinski definition) is 3. The number of nitrogens with zero attached hydrogens (tertiary/aromatic N) is 3. The van der Waals surface area contributed by atoms with E-state index in [0.717, 1.165) is 35.9 Å². The number of carbonyl (C=O) groups is 1. The molecule has 176 valence electrons. The van der Waals surface area contributed by atoms with E-state index in [9.17, 15) is 22.4 Å². The molecule has 2 aromatic rings. The van der Waals surface area contributed by atoms with Gasteiger partial charge in [-0.1, -0.05) is 0 Å². The summed E-state index contributed by atoms with van der Waals surface area (Å²) >= 11 is 5.91. The standard InChI is InChI=1S/C15H16ClF2N3.C7H10F2O2/c16-14-19-7-12-13(20-14)11(8-21(12)10-3-4-10)9-2-1-5-15(17,18)6-9;8-7(9)3-1-2-5(4-7)6(10)11/h7-10H,1-6H2;5H,1-4H2,(H,10,11).